The lowest BCUT2D eigenvalue weighted by atomic mass is 10.9. The van der Waals surface area contributed by atoms with Gasteiger partial charge in [-0.3, -0.25) is 9.59 Å². The van der Waals surface area contributed by atoms with Crippen molar-refractivity contribution < 1.29 is 9.59 Å². The molecule has 0 bridgehead atoms. The van der Waals surface area contributed by atoms with Gasteiger partial charge in [0.05, 0.1) is 0 Å². The van der Waals surface area contributed by atoms with Crippen molar-refractivity contribution in [3.63, 3.8) is 0 Å². The maximum atomic E-state index is 9.97. The number of carbonyl (C=O) groups is 2. The highest BCUT2D eigenvalue weighted by Gasteiger charge is 2.04. The lowest BCUT2D eigenvalue weighted by molar-refractivity contribution is -0.126. The average Bonchev–Trinajstić information content (AvgIpc) is 1.65. The average molecular weight is 154 g/mol. The molecule has 0 radical (unpaired) electrons. The van der Waals surface area contributed by atoms with Gasteiger partial charge < -0.3 is 0 Å². The monoisotopic (exact) mass is 154 g/mol. The number of hydrogen-bond acceptors (Lipinski definition) is 4. The van der Waals surface area contributed by atoms with Gasteiger partial charge in [-0.2, -0.15) is 0 Å². The summed E-state index contributed by atoms with van der Waals surface area (Å²) in [4.78, 5) is 19.8. The van der Waals surface area contributed by atoms with E-state index in [1.54, 1.807) is 0 Å². The van der Waals surface area contributed by atoms with Gasteiger partial charge in [0.15, 0.2) is 0 Å². The van der Waals surface area contributed by atoms with E-state index in [-0.39, 0.29) is 0 Å². The van der Waals surface area contributed by atoms with Gasteiger partial charge in [-0.25, -0.2) is 0 Å². The normalized spacial score (nSPS) is 8.29. The second-order valence-electron chi connectivity index (χ2n) is 0.684. The molecule has 0 aromatic rings. The van der Waals surface area contributed by atoms with E-state index in [4.69, 9.17) is 0 Å². The van der Waals surface area contributed by atoms with E-state index in [1.807, 2.05) is 0 Å². The molecular weight excluding hydrogens is 152 g/mol. The van der Waals surface area contributed by atoms with Gasteiger partial charge in [0.2, 0.25) is 0 Å². The molecule has 0 atom stereocenters. The minimum absolute atomic E-state index is 0.562. The van der Waals surface area contributed by atoms with E-state index < -0.39 is 10.2 Å². The van der Waals surface area contributed by atoms with Gasteiger partial charge in [0.25, 0.3) is 10.2 Å². The van der Waals surface area contributed by atoms with Crippen molar-refractivity contribution in [3.8, 4) is 0 Å². The van der Waals surface area contributed by atoms with Crippen LogP contribution in [0, 0.1) is 0 Å². The number of rotatable bonds is 1. The molecule has 0 N–H and O–H groups in total. The molecule has 0 aromatic heterocycles. The number of hydrogen-bond donors (Lipinski definition) is 2. The van der Waals surface area contributed by atoms with Crippen LogP contribution >= 0.6 is 35.1 Å². The fourth-order valence-electron chi connectivity index (χ4n) is 0.0390. The van der Waals surface area contributed by atoms with Crippen molar-refractivity contribution in [2.75, 3.05) is 0 Å². The first-order valence-corrected chi connectivity index (χ1v) is 3.58. The number of thiol groups is 2. The van der Waals surface area contributed by atoms with Crippen molar-refractivity contribution in [3.05, 3.63) is 0 Å². The Morgan fingerprint density at radius 2 is 1.86 bits per heavy atom. The Morgan fingerprint density at radius 3 is 1.86 bits per heavy atom. The quantitative estimate of drug-likeness (QED) is 0.329. The zero-order chi connectivity index (χ0) is 5.86. The maximum Gasteiger partial charge on any atom is 0.276 e. The Labute approximate surface area is 55.3 Å². The first-order valence-electron chi connectivity index (χ1n) is 1.27. The van der Waals surface area contributed by atoms with Crippen molar-refractivity contribution >= 4 is 45.3 Å². The summed E-state index contributed by atoms with van der Waals surface area (Å²) in [6.07, 6.45) is 0. The van der Waals surface area contributed by atoms with Crippen LogP contribution in [0.4, 0.5) is 0 Å². The van der Waals surface area contributed by atoms with Crippen molar-refractivity contribution in [2.24, 2.45) is 0 Å². The van der Waals surface area contributed by atoms with Crippen LogP contribution in [0.2, 0.25) is 0 Å². The summed E-state index contributed by atoms with van der Waals surface area (Å²) >= 11 is 6.67. The summed E-state index contributed by atoms with van der Waals surface area (Å²) in [7, 11) is 0.562. The Hall–Kier alpha value is 0.390. The fraction of sp³-hybridized carbons (Fsp3) is 0. The van der Waals surface area contributed by atoms with Gasteiger partial charge in [-0.15, -0.1) is 11.7 Å². The molecule has 0 aromatic carbocycles. The van der Waals surface area contributed by atoms with E-state index in [1.165, 1.54) is 0 Å². The van der Waals surface area contributed by atoms with Crippen LogP contribution in [0.15, 0.2) is 0 Å². The van der Waals surface area contributed by atoms with Crippen LogP contribution in [0.3, 0.4) is 0 Å². The highest BCUT2D eigenvalue weighted by Crippen LogP contribution is 2.07. The minimum atomic E-state index is -0.764. The summed E-state index contributed by atoms with van der Waals surface area (Å²) in [5.41, 5.74) is 0. The van der Waals surface area contributed by atoms with E-state index >= 15 is 0 Å². The van der Waals surface area contributed by atoms with Crippen molar-refractivity contribution in [1.82, 2.24) is 0 Å². The molecule has 0 aliphatic carbocycles. The van der Waals surface area contributed by atoms with Crippen LogP contribution in [-0.2, 0) is 9.59 Å². The van der Waals surface area contributed by atoms with Crippen LogP contribution in [-0.4, -0.2) is 10.2 Å². The third-order valence-electron chi connectivity index (χ3n) is 0.258. The van der Waals surface area contributed by atoms with Gasteiger partial charge in [-0.05, 0) is 10.8 Å². The smallest absolute Gasteiger partial charge is 0.276 e. The van der Waals surface area contributed by atoms with E-state index in [0.29, 0.717) is 10.8 Å². The highest BCUT2D eigenvalue weighted by molar-refractivity contribution is 8.75. The molecule has 0 rings (SSSR count). The first-order chi connectivity index (χ1) is 3.18. The Morgan fingerprint density at radius 1 is 1.43 bits per heavy atom. The largest absolute Gasteiger partial charge is 0.277 e. The minimum Gasteiger partial charge on any atom is -0.277 e. The lowest BCUT2D eigenvalue weighted by Crippen LogP contribution is -1.97. The SMILES string of the molecule is O=C(S)C(=O)SS. The maximum absolute atomic E-state index is 9.97. The molecule has 0 aliphatic heterocycles. The molecule has 2 nitrogen and oxygen atoms in total. The molecule has 0 aliphatic rings. The summed E-state index contributed by atoms with van der Waals surface area (Å²) in [5, 5.41) is -1.41. The van der Waals surface area contributed by atoms with E-state index in [9.17, 15) is 9.59 Å². The summed E-state index contributed by atoms with van der Waals surface area (Å²) in [6.45, 7) is 0. The molecule has 0 spiro atoms. The Bertz CT molecular complexity index is 99.1. The fourth-order valence-corrected chi connectivity index (χ4v) is 0.719. The molecule has 40 valence electrons. The van der Waals surface area contributed by atoms with Crippen molar-refractivity contribution in [2.45, 2.75) is 0 Å². The topological polar surface area (TPSA) is 34.1 Å². The molecule has 0 saturated heterocycles. The third-order valence-corrected chi connectivity index (χ3v) is 1.46. The lowest BCUT2D eigenvalue weighted by Gasteiger charge is -1.79. The van der Waals surface area contributed by atoms with E-state index in [0.717, 1.165) is 0 Å². The zero-order valence-electron chi connectivity index (χ0n) is 3.12. The van der Waals surface area contributed by atoms with Gasteiger partial charge in [-0.1, -0.05) is 12.6 Å². The Balaban J connectivity index is 3.58. The standard InChI is InChI=1S/C2H2O2S3/c3-1(5)2(4)7-6/h6H,(H,3,5). The molecule has 0 heterocycles. The summed E-state index contributed by atoms with van der Waals surface area (Å²) in [6, 6.07) is 0. The van der Waals surface area contributed by atoms with Gasteiger partial charge in [0, 0.05) is 0 Å². The van der Waals surface area contributed by atoms with Crippen LogP contribution in [0.5, 0.6) is 0 Å². The van der Waals surface area contributed by atoms with E-state index in [2.05, 4.69) is 24.3 Å². The highest BCUT2D eigenvalue weighted by atomic mass is 33.1. The second kappa shape index (κ2) is 3.40. The molecule has 0 amide bonds. The van der Waals surface area contributed by atoms with Gasteiger partial charge in [0.1, 0.15) is 0 Å². The Kier molecular flexibility index (Phi) is 3.59. The zero-order valence-corrected chi connectivity index (χ0v) is 5.72. The first kappa shape index (κ1) is 7.39. The van der Waals surface area contributed by atoms with Gasteiger partial charge >= 0.3 is 0 Å². The predicted molar refractivity (Wildman–Crippen MR) is 35.6 cm³/mol. The van der Waals surface area contributed by atoms with Crippen LogP contribution < -0.4 is 0 Å². The molecular formula is C2H2O2S3. The molecule has 0 unspecified atom stereocenters. The summed E-state index contributed by atoms with van der Waals surface area (Å²) in [5.74, 6) is 0. The van der Waals surface area contributed by atoms with Crippen molar-refractivity contribution in [1.29, 1.82) is 0 Å². The molecule has 0 fully saturated rings. The molecule has 7 heavy (non-hydrogen) atoms. The van der Waals surface area contributed by atoms with Crippen LogP contribution in [0.1, 0.15) is 0 Å². The molecule has 0 saturated carbocycles. The predicted octanol–water partition coefficient (Wildman–Crippen LogP) is 0.547. The summed E-state index contributed by atoms with van der Waals surface area (Å²) < 4.78 is 0. The van der Waals surface area contributed by atoms with Crippen LogP contribution in [0.25, 0.3) is 0 Å². The number of carbonyl (C=O) groups excluding carboxylic acids is 2. The second-order valence-corrected chi connectivity index (χ2v) is 2.19. The third kappa shape index (κ3) is 3.02. The molecule has 5 heteroatoms.